The summed E-state index contributed by atoms with van der Waals surface area (Å²) in [5, 5.41) is 13.2. The number of allylic oxidation sites excluding steroid dienone is 1. The number of hydrogen-bond acceptors (Lipinski definition) is 4. The fraction of sp³-hybridized carbons (Fsp3) is 0.148. The number of nitrogens with zero attached hydrogens (tertiary/aromatic N) is 2. The highest BCUT2D eigenvalue weighted by atomic mass is 32.2. The van der Waals surface area contributed by atoms with Crippen LogP contribution < -0.4 is 10.2 Å². The van der Waals surface area contributed by atoms with Crippen molar-refractivity contribution in [1.82, 2.24) is 5.32 Å². The molecule has 164 valence electrons. The van der Waals surface area contributed by atoms with E-state index in [1.807, 2.05) is 91.9 Å². The predicted molar refractivity (Wildman–Crippen MR) is 132 cm³/mol. The van der Waals surface area contributed by atoms with Gasteiger partial charge in [0.25, 0.3) is 0 Å². The molecular formula is C27H23N3O2S. The molecule has 1 atom stereocenters. The summed E-state index contributed by atoms with van der Waals surface area (Å²) in [4.78, 5) is 27.5. The molecule has 0 aromatic heterocycles. The maximum absolute atomic E-state index is 13.4. The molecule has 0 bridgehead atoms. The van der Waals surface area contributed by atoms with E-state index in [0.717, 1.165) is 22.5 Å². The van der Waals surface area contributed by atoms with Crippen LogP contribution in [0.2, 0.25) is 0 Å². The quantitative estimate of drug-likeness (QED) is 0.540. The summed E-state index contributed by atoms with van der Waals surface area (Å²) in [6.07, 6.45) is 0.214. The maximum Gasteiger partial charge on any atom is 0.241 e. The lowest BCUT2D eigenvalue weighted by atomic mass is 9.85. The average Bonchev–Trinajstić information content (AvgIpc) is 2.84. The highest BCUT2D eigenvalue weighted by Crippen LogP contribution is 2.37. The molecule has 2 amide bonds. The number of nitriles is 1. The minimum atomic E-state index is -0.318. The summed E-state index contributed by atoms with van der Waals surface area (Å²) in [5.74, 6) is -0.540. The first kappa shape index (κ1) is 22.4. The van der Waals surface area contributed by atoms with Crippen LogP contribution in [0.15, 0.2) is 95.5 Å². The standard InChI is InChI=1S/C27H23N3O2S/c1-19-10-8-9-15-22(19)23-16-25(31)29-27(24(23)17-28)33-18-26(32)30(20-11-4-2-5-12-20)21-13-6-3-7-14-21/h2-15,23H,16,18H2,1H3,(H,29,31)/t23-/m1/s1. The third kappa shape index (κ3) is 5.00. The van der Waals surface area contributed by atoms with E-state index in [9.17, 15) is 14.9 Å². The fourth-order valence-corrected chi connectivity index (χ4v) is 4.89. The highest BCUT2D eigenvalue weighted by molar-refractivity contribution is 8.03. The Labute approximate surface area is 197 Å². The van der Waals surface area contributed by atoms with E-state index in [0.29, 0.717) is 10.6 Å². The molecule has 1 aliphatic heterocycles. The summed E-state index contributed by atoms with van der Waals surface area (Å²) < 4.78 is 0. The second kappa shape index (κ2) is 10.2. The number of carbonyl (C=O) groups excluding carboxylic acids is 2. The number of rotatable bonds is 6. The number of carbonyl (C=O) groups is 2. The number of benzene rings is 3. The van der Waals surface area contributed by atoms with Crippen LogP contribution in [0.1, 0.15) is 23.5 Å². The van der Waals surface area contributed by atoms with Crippen LogP contribution >= 0.6 is 11.8 Å². The molecule has 0 spiro atoms. The zero-order valence-electron chi connectivity index (χ0n) is 18.2. The Bertz CT molecular complexity index is 1190. The molecule has 4 rings (SSSR count). The number of amides is 2. The Hall–Kier alpha value is -3.82. The molecule has 0 aliphatic carbocycles. The van der Waals surface area contributed by atoms with Crippen LogP contribution in [-0.2, 0) is 9.59 Å². The van der Waals surface area contributed by atoms with E-state index in [1.165, 1.54) is 11.8 Å². The van der Waals surface area contributed by atoms with Gasteiger partial charge in [-0.05, 0) is 42.3 Å². The average molecular weight is 454 g/mol. The van der Waals surface area contributed by atoms with Crippen LogP contribution in [0.25, 0.3) is 0 Å². The SMILES string of the molecule is Cc1ccccc1[C@H]1CC(=O)NC(SCC(=O)N(c2ccccc2)c2ccccc2)=C1C#N. The number of anilines is 2. The zero-order valence-corrected chi connectivity index (χ0v) is 19.0. The number of nitrogens with one attached hydrogen (secondary N) is 1. The number of para-hydroxylation sites is 2. The van der Waals surface area contributed by atoms with Gasteiger partial charge in [-0.2, -0.15) is 5.26 Å². The predicted octanol–water partition coefficient (Wildman–Crippen LogP) is 5.43. The van der Waals surface area contributed by atoms with Crippen LogP contribution in [-0.4, -0.2) is 17.6 Å². The Morgan fingerprint density at radius 3 is 2.15 bits per heavy atom. The molecule has 0 fully saturated rings. The van der Waals surface area contributed by atoms with Crippen LogP contribution in [0.3, 0.4) is 0 Å². The van der Waals surface area contributed by atoms with Crippen LogP contribution in [0.5, 0.6) is 0 Å². The van der Waals surface area contributed by atoms with E-state index >= 15 is 0 Å². The first-order chi connectivity index (χ1) is 16.1. The minimum absolute atomic E-state index is 0.0745. The smallest absolute Gasteiger partial charge is 0.241 e. The van der Waals surface area contributed by atoms with Gasteiger partial charge in [-0.25, -0.2) is 0 Å². The van der Waals surface area contributed by atoms with Gasteiger partial charge in [-0.1, -0.05) is 72.4 Å². The van der Waals surface area contributed by atoms with Crippen molar-refractivity contribution in [2.24, 2.45) is 0 Å². The van der Waals surface area contributed by atoms with Gasteiger partial charge in [0.1, 0.15) is 0 Å². The highest BCUT2D eigenvalue weighted by Gasteiger charge is 2.31. The summed E-state index contributed by atoms with van der Waals surface area (Å²) >= 11 is 1.20. The summed E-state index contributed by atoms with van der Waals surface area (Å²) in [6.45, 7) is 1.98. The normalized spacial score (nSPS) is 15.5. The molecule has 33 heavy (non-hydrogen) atoms. The van der Waals surface area contributed by atoms with Crippen molar-refractivity contribution in [2.45, 2.75) is 19.3 Å². The van der Waals surface area contributed by atoms with Gasteiger partial charge in [-0.15, -0.1) is 0 Å². The third-order valence-corrected chi connectivity index (χ3v) is 6.54. The van der Waals surface area contributed by atoms with Crippen molar-refractivity contribution in [3.63, 3.8) is 0 Å². The molecule has 6 heteroatoms. The Kier molecular flexibility index (Phi) is 6.92. The van der Waals surface area contributed by atoms with E-state index < -0.39 is 0 Å². The second-order valence-corrected chi connectivity index (χ2v) is 8.69. The molecule has 0 saturated heterocycles. The van der Waals surface area contributed by atoms with Gasteiger partial charge in [0.05, 0.1) is 22.4 Å². The summed E-state index contributed by atoms with van der Waals surface area (Å²) in [5.41, 5.74) is 4.00. The van der Waals surface area contributed by atoms with Crippen molar-refractivity contribution in [2.75, 3.05) is 10.7 Å². The molecule has 3 aromatic rings. The first-order valence-corrected chi connectivity index (χ1v) is 11.6. The number of hydrogen-bond donors (Lipinski definition) is 1. The van der Waals surface area contributed by atoms with Crippen LogP contribution in [0, 0.1) is 18.3 Å². The van der Waals surface area contributed by atoms with Crippen LogP contribution in [0.4, 0.5) is 11.4 Å². The largest absolute Gasteiger partial charge is 0.320 e. The van der Waals surface area contributed by atoms with E-state index in [2.05, 4.69) is 11.4 Å². The minimum Gasteiger partial charge on any atom is -0.320 e. The Morgan fingerprint density at radius 1 is 1.00 bits per heavy atom. The van der Waals surface area contributed by atoms with Gasteiger partial charge in [-0.3, -0.25) is 14.5 Å². The summed E-state index contributed by atoms with van der Waals surface area (Å²) in [6, 6.07) is 28.9. The lowest BCUT2D eigenvalue weighted by molar-refractivity contribution is -0.121. The monoisotopic (exact) mass is 453 g/mol. The zero-order chi connectivity index (χ0) is 23.2. The molecule has 1 aliphatic rings. The van der Waals surface area contributed by atoms with Crippen molar-refractivity contribution in [1.29, 1.82) is 5.26 Å². The molecule has 0 saturated carbocycles. The number of aryl methyl sites for hydroxylation is 1. The lowest BCUT2D eigenvalue weighted by Crippen LogP contribution is -2.33. The maximum atomic E-state index is 13.4. The van der Waals surface area contributed by atoms with Crippen molar-refractivity contribution >= 4 is 35.0 Å². The fourth-order valence-electron chi connectivity index (χ4n) is 3.97. The number of thioether (sulfide) groups is 1. The second-order valence-electron chi connectivity index (χ2n) is 7.70. The molecule has 1 heterocycles. The van der Waals surface area contributed by atoms with Crippen molar-refractivity contribution in [3.05, 3.63) is 107 Å². The van der Waals surface area contributed by atoms with E-state index in [1.54, 1.807) is 4.90 Å². The Morgan fingerprint density at radius 2 is 1.58 bits per heavy atom. The third-order valence-electron chi connectivity index (χ3n) is 5.54. The van der Waals surface area contributed by atoms with Gasteiger partial charge in [0.15, 0.2) is 0 Å². The van der Waals surface area contributed by atoms with Gasteiger partial charge >= 0.3 is 0 Å². The van der Waals surface area contributed by atoms with E-state index in [-0.39, 0.29) is 29.9 Å². The molecule has 3 aromatic carbocycles. The molecule has 0 unspecified atom stereocenters. The van der Waals surface area contributed by atoms with Crippen molar-refractivity contribution < 1.29 is 9.59 Å². The van der Waals surface area contributed by atoms with Gasteiger partial charge in [0.2, 0.25) is 11.8 Å². The topological polar surface area (TPSA) is 73.2 Å². The summed E-state index contributed by atoms with van der Waals surface area (Å²) in [7, 11) is 0. The molecule has 1 N–H and O–H groups in total. The molecule has 5 nitrogen and oxygen atoms in total. The Balaban J connectivity index is 1.62. The van der Waals surface area contributed by atoms with Gasteiger partial charge in [0, 0.05) is 23.7 Å². The van der Waals surface area contributed by atoms with Crippen molar-refractivity contribution in [3.8, 4) is 6.07 Å². The lowest BCUT2D eigenvalue weighted by Gasteiger charge is -2.27. The molecule has 0 radical (unpaired) electrons. The molecular weight excluding hydrogens is 430 g/mol. The van der Waals surface area contributed by atoms with Gasteiger partial charge < -0.3 is 5.32 Å². The van der Waals surface area contributed by atoms with E-state index in [4.69, 9.17) is 0 Å². The first-order valence-electron chi connectivity index (χ1n) is 10.6.